The first kappa shape index (κ1) is 19.4. The van der Waals surface area contributed by atoms with Crippen molar-refractivity contribution < 1.29 is 28.2 Å². The molecule has 8 heteroatoms. The van der Waals surface area contributed by atoms with E-state index in [1.54, 1.807) is 19.1 Å². The van der Waals surface area contributed by atoms with Crippen molar-refractivity contribution in [1.29, 1.82) is 0 Å². The van der Waals surface area contributed by atoms with Crippen molar-refractivity contribution >= 4 is 35.1 Å². The van der Waals surface area contributed by atoms with Crippen molar-refractivity contribution in [2.45, 2.75) is 6.92 Å². The van der Waals surface area contributed by atoms with E-state index in [-0.39, 0.29) is 16.1 Å². The number of hydrogen-bond donors (Lipinski definition) is 1. The number of hydrogen-bond acceptors (Lipinski definition) is 5. The van der Waals surface area contributed by atoms with Crippen LogP contribution in [0.4, 0.5) is 10.1 Å². The summed E-state index contributed by atoms with van der Waals surface area (Å²) in [6.45, 7) is 1.09. The van der Waals surface area contributed by atoms with Crippen molar-refractivity contribution in [2.24, 2.45) is 0 Å². The molecule has 0 saturated heterocycles. The highest BCUT2D eigenvalue weighted by atomic mass is 35.5. The Morgan fingerprint density at radius 3 is 2.54 bits per heavy atom. The number of ether oxygens (including phenoxy) is 2. The smallest absolute Gasteiger partial charge is 0.341 e. The number of carbonyl (C=O) groups excluding carboxylic acids is 3. The number of benzene rings is 2. The fraction of sp³-hybridized carbons (Fsp3) is 0.167. The van der Waals surface area contributed by atoms with E-state index in [1.807, 2.05) is 0 Å². The van der Waals surface area contributed by atoms with Gasteiger partial charge in [0.15, 0.2) is 6.61 Å². The van der Waals surface area contributed by atoms with Crippen LogP contribution in [0.25, 0.3) is 0 Å². The molecule has 0 aliphatic rings. The molecule has 0 aromatic heterocycles. The predicted molar refractivity (Wildman–Crippen MR) is 92.8 cm³/mol. The fourth-order valence-electron chi connectivity index (χ4n) is 2.05. The van der Waals surface area contributed by atoms with Crippen LogP contribution in [0.5, 0.6) is 0 Å². The van der Waals surface area contributed by atoms with Crippen LogP contribution >= 0.6 is 11.6 Å². The van der Waals surface area contributed by atoms with Gasteiger partial charge in [0.05, 0.1) is 18.2 Å². The molecule has 0 fully saturated rings. The lowest BCUT2D eigenvalue weighted by atomic mass is 10.1. The maximum Gasteiger partial charge on any atom is 0.341 e. The molecule has 2 rings (SSSR count). The number of rotatable bonds is 5. The Balaban J connectivity index is 2.02. The second-order valence-electron chi connectivity index (χ2n) is 5.27. The number of halogens is 2. The molecule has 1 amide bonds. The van der Waals surface area contributed by atoms with Gasteiger partial charge >= 0.3 is 11.9 Å². The molecule has 6 nitrogen and oxygen atoms in total. The second kappa shape index (κ2) is 8.44. The number of carbonyl (C=O) groups is 3. The Hall–Kier alpha value is -2.93. The Morgan fingerprint density at radius 1 is 1.12 bits per heavy atom. The quantitative estimate of drug-likeness (QED) is 0.805. The van der Waals surface area contributed by atoms with Gasteiger partial charge in [-0.1, -0.05) is 17.7 Å². The van der Waals surface area contributed by atoms with E-state index in [9.17, 15) is 18.8 Å². The van der Waals surface area contributed by atoms with Crippen LogP contribution in [0, 0.1) is 12.7 Å². The zero-order chi connectivity index (χ0) is 19.3. The molecule has 0 unspecified atom stereocenters. The van der Waals surface area contributed by atoms with Crippen molar-refractivity contribution in [3.63, 3.8) is 0 Å². The number of nitrogens with one attached hydrogen (secondary N) is 1. The van der Waals surface area contributed by atoms with Gasteiger partial charge in [0.1, 0.15) is 5.82 Å². The summed E-state index contributed by atoms with van der Waals surface area (Å²) in [5.41, 5.74) is 0.946. The van der Waals surface area contributed by atoms with E-state index in [1.165, 1.54) is 19.2 Å². The molecule has 2 aromatic rings. The Morgan fingerprint density at radius 2 is 1.85 bits per heavy atom. The second-order valence-corrected chi connectivity index (χ2v) is 5.71. The lowest BCUT2D eigenvalue weighted by Crippen LogP contribution is -2.22. The minimum absolute atomic E-state index is 0.165. The summed E-state index contributed by atoms with van der Waals surface area (Å²) >= 11 is 5.71. The van der Waals surface area contributed by atoms with Gasteiger partial charge in [0, 0.05) is 10.7 Å². The van der Waals surface area contributed by atoms with E-state index in [0.717, 1.165) is 12.1 Å². The lowest BCUT2D eigenvalue weighted by Gasteiger charge is -2.10. The van der Waals surface area contributed by atoms with Crippen LogP contribution in [-0.2, 0) is 14.3 Å². The minimum Gasteiger partial charge on any atom is -0.465 e. The Labute approximate surface area is 153 Å². The van der Waals surface area contributed by atoms with Gasteiger partial charge in [0.2, 0.25) is 0 Å². The average Bonchev–Trinajstić information content (AvgIpc) is 2.62. The highest BCUT2D eigenvalue weighted by molar-refractivity contribution is 6.30. The summed E-state index contributed by atoms with van der Waals surface area (Å²) in [5.74, 6) is -3.02. The van der Waals surface area contributed by atoms with Gasteiger partial charge in [-0.3, -0.25) is 4.79 Å². The monoisotopic (exact) mass is 379 g/mol. The van der Waals surface area contributed by atoms with Crippen LogP contribution < -0.4 is 5.32 Å². The summed E-state index contributed by atoms with van der Waals surface area (Å²) in [7, 11) is 1.24. The SMILES string of the molecule is COC(=O)c1ccc(C)c(NC(=O)COC(=O)c2cc(Cl)ccc2F)c1. The van der Waals surface area contributed by atoms with Gasteiger partial charge in [0.25, 0.3) is 5.91 Å². The topological polar surface area (TPSA) is 81.7 Å². The summed E-state index contributed by atoms with van der Waals surface area (Å²) in [5, 5.41) is 2.68. The van der Waals surface area contributed by atoms with Crippen LogP contribution in [0.3, 0.4) is 0 Å². The molecule has 0 heterocycles. The molecule has 26 heavy (non-hydrogen) atoms. The molecule has 2 aromatic carbocycles. The normalized spacial score (nSPS) is 10.2. The lowest BCUT2D eigenvalue weighted by molar-refractivity contribution is -0.119. The van der Waals surface area contributed by atoms with Gasteiger partial charge in [-0.05, 0) is 42.8 Å². The first-order valence-electron chi connectivity index (χ1n) is 7.43. The van der Waals surface area contributed by atoms with Crippen LogP contribution in [0.15, 0.2) is 36.4 Å². The van der Waals surface area contributed by atoms with Crippen molar-refractivity contribution in [3.8, 4) is 0 Å². The highest BCUT2D eigenvalue weighted by Gasteiger charge is 2.16. The fourth-order valence-corrected chi connectivity index (χ4v) is 2.22. The van der Waals surface area contributed by atoms with Gasteiger partial charge < -0.3 is 14.8 Å². The van der Waals surface area contributed by atoms with E-state index in [0.29, 0.717) is 11.3 Å². The van der Waals surface area contributed by atoms with E-state index in [4.69, 9.17) is 16.3 Å². The van der Waals surface area contributed by atoms with Crippen molar-refractivity contribution in [2.75, 3.05) is 19.0 Å². The molecule has 136 valence electrons. The van der Waals surface area contributed by atoms with Gasteiger partial charge in [-0.2, -0.15) is 0 Å². The predicted octanol–water partition coefficient (Wildman–Crippen LogP) is 3.37. The van der Waals surface area contributed by atoms with Gasteiger partial charge in [-0.15, -0.1) is 0 Å². The highest BCUT2D eigenvalue weighted by Crippen LogP contribution is 2.18. The van der Waals surface area contributed by atoms with E-state index < -0.39 is 30.3 Å². The molecule has 0 spiro atoms. The number of anilines is 1. The number of amides is 1. The first-order chi connectivity index (χ1) is 12.3. The molecule has 0 radical (unpaired) electrons. The molecule has 1 N–H and O–H groups in total. The molecular formula is C18H15ClFNO5. The Bertz CT molecular complexity index is 869. The number of esters is 2. The third kappa shape index (κ3) is 4.80. The minimum atomic E-state index is -1.01. The summed E-state index contributed by atoms with van der Waals surface area (Å²) in [6.07, 6.45) is 0. The van der Waals surface area contributed by atoms with Crippen molar-refractivity contribution in [1.82, 2.24) is 0 Å². The molecule has 0 bridgehead atoms. The maximum absolute atomic E-state index is 13.6. The maximum atomic E-state index is 13.6. The standard InChI is InChI=1S/C18H15ClFNO5/c1-10-3-4-11(17(23)25-2)7-15(10)21-16(22)9-26-18(24)13-8-12(19)5-6-14(13)20/h3-8H,9H2,1-2H3,(H,21,22). The largest absolute Gasteiger partial charge is 0.465 e. The van der Waals surface area contributed by atoms with E-state index in [2.05, 4.69) is 10.1 Å². The molecule has 0 saturated carbocycles. The summed E-state index contributed by atoms with van der Waals surface area (Å²) < 4.78 is 23.0. The van der Waals surface area contributed by atoms with Gasteiger partial charge in [-0.25, -0.2) is 14.0 Å². The molecule has 0 atom stereocenters. The molecule has 0 aliphatic heterocycles. The van der Waals surface area contributed by atoms with E-state index >= 15 is 0 Å². The number of methoxy groups -OCH3 is 1. The van der Waals surface area contributed by atoms with Crippen LogP contribution in [0.2, 0.25) is 5.02 Å². The average molecular weight is 380 g/mol. The number of aryl methyl sites for hydroxylation is 1. The first-order valence-corrected chi connectivity index (χ1v) is 7.80. The van der Waals surface area contributed by atoms with Crippen LogP contribution in [-0.4, -0.2) is 31.6 Å². The zero-order valence-corrected chi connectivity index (χ0v) is 14.7. The zero-order valence-electron chi connectivity index (χ0n) is 14.0. The van der Waals surface area contributed by atoms with Crippen LogP contribution in [0.1, 0.15) is 26.3 Å². The third-order valence-electron chi connectivity index (χ3n) is 3.42. The Kier molecular flexibility index (Phi) is 6.30. The third-order valence-corrected chi connectivity index (χ3v) is 3.65. The molecular weight excluding hydrogens is 365 g/mol. The summed E-state index contributed by atoms with van der Waals surface area (Å²) in [4.78, 5) is 35.4. The van der Waals surface area contributed by atoms with Crippen molar-refractivity contribution in [3.05, 3.63) is 63.9 Å². The molecule has 0 aliphatic carbocycles. The summed E-state index contributed by atoms with van der Waals surface area (Å²) in [6, 6.07) is 8.06.